The second-order valence-corrected chi connectivity index (χ2v) is 8.13. The molecule has 33 heavy (non-hydrogen) atoms. The van der Waals surface area contributed by atoms with Crippen LogP contribution in [-0.2, 0) is 29.1 Å². The van der Waals surface area contributed by atoms with Crippen LogP contribution < -0.4 is 4.74 Å². The molecule has 0 radical (unpaired) electrons. The van der Waals surface area contributed by atoms with Gasteiger partial charge in [-0.3, -0.25) is 14.8 Å². The predicted molar refractivity (Wildman–Crippen MR) is 125 cm³/mol. The van der Waals surface area contributed by atoms with Crippen molar-refractivity contribution in [3.8, 4) is 5.75 Å². The summed E-state index contributed by atoms with van der Waals surface area (Å²) in [7, 11) is 0. The lowest BCUT2D eigenvalue weighted by atomic mass is 10.1. The van der Waals surface area contributed by atoms with Crippen LogP contribution in [0, 0.1) is 0 Å². The predicted octanol–water partition coefficient (Wildman–Crippen LogP) is 3.46. The van der Waals surface area contributed by atoms with E-state index in [1.54, 1.807) is 24.8 Å². The molecule has 1 aromatic carbocycles. The van der Waals surface area contributed by atoms with Crippen molar-refractivity contribution in [3.05, 3.63) is 90.1 Å². The maximum Gasteiger partial charge on any atom is 0.227 e. The van der Waals surface area contributed by atoms with Gasteiger partial charge in [-0.25, -0.2) is 0 Å². The third kappa shape index (κ3) is 5.04. The standard InChI is InChI=1S/C26H26N4O3/c31-26(29-11-13-32-14-12-29)15-22-18-30(17-20-3-7-27-8-4-20)25-2-1-23(16-24(22)25)33-19-21-5-9-28-10-6-21/h1-10,16,18H,11-15,17,19H2. The first kappa shape index (κ1) is 21.2. The molecule has 4 heterocycles. The molecule has 7 nitrogen and oxygen atoms in total. The smallest absolute Gasteiger partial charge is 0.227 e. The first-order valence-corrected chi connectivity index (χ1v) is 11.1. The first-order valence-electron chi connectivity index (χ1n) is 11.1. The van der Waals surface area contributed by atoms with Crippen molar-refractivity contribution in [1.82, 2.24) is 19.4 Å². The Labute approximate surface area is 192 Å². The van der Waals surface area contributed by atoms with Gasteiger partial charge in [-0.05, 0) is 59.2 Å². The molecule has 1 fully saturated rings. The zero-order valence-electron chi connectivity index (χ0n) is 18.4. The lowest BCUT2D eigenvalue weighted by molar-refractivity contribution is -0.134. The molecule has 0 unspecified atom stereocenters. The highest BCUT2D eigenvalue weighted by molar-refractivity contribution is 5.90. The molecule has 4 aromatic rings. The number of carbonyl (C=O) groups excluding carboxylic acids is 1. The molecule has 0 N–H and O–H groups in total. The van der Waals surface area contributed by atoms with Crippen molar-refractivity contribution in [1.29, 1.82) is 0 Å². The highest BCUT2D eigenvalue weighted by atomic mass is 16.5. The van der Waals surface area contributed by atoms with E-state index in [2.05, 4.69) is 26.8 Å². The molecular weight excluding hydrogens is 416 g/mol. The summed E-state index contributed by atoms with van der Waals surface area (Å²) in [5, 5.41) is 1.04. The highest BCUT2D eigenvalue weighted by Gasteiger charge is 2.20. The molecule has 168 valence electrons. The number of amides is 1. The summed E-state index contributed by atoms with van der Waals surface area (Å²) in [4.78, 5) is 23.0. The average molecular weight is 443 g/mol. The first-order chi connectivity index (χ1) is 16.3. The van der Waals surface area contributed by atoms with E-state index in [9.17, 15) is 4.79 Å². The topological polar surface area (TPSA) is 69.5 Å². The summed E-state index contributed by atoms with van der Waals surface area (Å²) >= 11 is 0. The van der Waals surface area contributed by atoms with Crippen LogP contribution in [0.4, 0.5) is 0 Å². The van der Waals surface area contributed by atoms with Gasteiger partial charge in [-0.15, -0.1) is 0 Å². The lowest BCUT2D eigenvalue weighted by Gasteiger charge is -2.26. The maximum atomic E-state index is 13.0. The zero-order chi connectivity index (χ0) is 22.5. The summed E-state index contributed by atoms with van der Waals surface area (Å²) in [6.07, 6.45) is 9.57. The summed E-state index contributed by atoms with van der Waals surface area (Å²) < 4.78 is 13.6. The van der Waals surface area contributed by atoms with Crippen LogP contribution in [0.25, 0.3) is 10.9 Å². The van der Waals surface area contributed by atoms with E-state index in [0.717, 1.165) is 33.3 Å². The Morgan fingerprint density at radius 2 is 1.64 bits per heavy atom. The number of hydrogen-bond acceptors (Lipinski definition) is 5. The number of carbonyl (C=O) groups is 1. The number of nitrogens with zero attached hydrogens (tertiary/aromatic N) is 4. The molecule has 0 bridgehead atoms. The van der Waals surface area contributed by atoms with Gasteiger partial charge in [0.25, 0.3) is 0 Å². The number of morpholine rings is 1. The SMILES string of the molecule is O=C(Cc1cn(Cc2ccncc2)c2ccc(OCc3ccncc3)cc12)N1CCOCC1. The maximum absolute atomic E-state index is 13.0. The van der Waals surface area contributed by atoms with Gasteiger partial charge in [0, 0.05) is 61.5 Å². The van der Waals surface area contributed by atoms with E-state index in [4.69, 9.17) is 9.47 Å². The van der Waals surface area contributed by atoms with Crippen LogP contribution in [0.3, 0.4) is 0 Å². The quantitative estimate of drug-likeness (QED) is 0.438. The van der Waals surface area contributed by atoms with E-state index in [1.807, 2.05) is 41.3 Å². The molecule has 0 atom stereocenters. The van der Waals surface area contributed by atoms with Crippen molar-refractivity contribution >= 4 is 16.8 Å². The molecule has 0 saturated carbocycles. The summed E-state index contributed by atoms with van der Waals surface area (Å²) in [6, 6.07) is 14.0. The number of rotatable bonds is 7. The highest BCUT2D eigenvalue weighted by Crippen LogP contribution is 2.28. The fourth-order valence-electron chi connectivity index (χ4n) is 4.13. The van der Waals surface area contributed by atoms with Crippen LogP contribution in [0.15, 0.2) is 73.4 Å². The molecule has 1 aliphatic heterocycles. The fourth-order valence-corrected chi connectivity index (χ4v) is 4.13. The van der Waals surface area contributed by atoms with Crippen molar-refractivity contribution in [2.45, 2.75) is 19.6 Å². The Morgan fingerprint density at radius 1 is 0.939 bits per heavy atom. The number of aromatic nitrogens is 3. The Balaban J connectivity index is 1.43. The fraction of sp³-hybridized carbons (Fsp3) is 0.269. The van der Waals surface area contributed by atoms with E-state index in [0.29, 0.717) is 45.9 Å². The number of ether oxygens (including phenoxy) is 2. The largest absolute Gasteiger partial charge is 0.489 e. The van der Waals surface area contributed by atoms with Gasteiger partial charge in [0.1, 0.15) is 12.4 Å². The van der Waals surface area contributed by atoms with Gasteiger partial charge in [-0.2, -0.15) is 0 Å². The monoisotopic (exact) mass is 442 g/mol. The van der Waals surface area contributed by atoms with E-state index < -0.39 is 0 Å². The second-order valence-electron chi connectivity index (χ2n) is 8.13. The van der Waals surface area contributed by atoms with Crippen molar-refractivity contribution in [2.24, 2.45) is 0 Å². The number of benzene rings is 1. The number of pyridine rings is 2. The molecule has 0 aliphatic carbocycles. The van der Waals surface area contributed by atoms with Gasteiger partial charge < -0.3 is 18.9 Å². The van der Waals surface area contributed by atoms with Crippen molar-refractivity contribution in [3.63, 3.8) is 0 Å². The minimum absolute atomic E-state index is 0.129. The van der Waals surface area contributed by atoms with E-state index in [-0.39, 0.29) is 5.91 Å². The third-order valence-corrected chi connectivity index (χ3v) is 5.90. The zero-order valence-corrected chi connectivity index (χ0v) is 18.4. The van der Waals surface area contributed by atoms with Crippen molar-refractivity contribution in [2.75, 3.05) is 26.3 Å². The molecule has 7 heteroatoms. The molecule has 1 aliphatic rings. The molecule has 0 spiro atoms. The molecule has 1 amide bonds. The Kier molecular flexibility index (Phi) is 6.30. The lowest BCUT2D eigenvalue weighted by Crippen LogP contribution is -2.41. The average Bonchev–Trinajstić information content (AvgIpc) is 3.20. The Bertz CT molecular complexity index is 1220. The third-order valence-electron chi connectivity index (χ3n) is 5.90. The van der Waals surface area contributed by atoms with Crippen LogP contribution >= 0.6 is 0 Å². The van der Waals surface area contributed by atoms with Crippen LogP contribution in [0.2, 0.25) is 0 Å². The minimum atomic E-state index is 0.129. The minimum Gasteiger partial charge on any atom is -0.489 e. The van der Waals surface area contributed by atoms with Gasteiger partial charge in [-0.1, -0.05) is 0 Å². The van der Waals surface area contributed by atoms with Gasteiger partial charge >= 0.3 is 0 Å². The molecular formula is C26H26N4O3. The van der Waals surface area contributed by atoms with Crippen LogP contribution in [0.1, 0.15) is 16.7 Å². The van der Waals surface area contributed by atoms with Crippen molar-refractivity contribution < 1.29 is 14.3 Å². The number of fused-ring (bicyclic) bond motifs is 1. The summed E-state index contributed by atoms with van der Waals surface area (Å²) in [5.41, 5.74) is 4.30. The van der Waals surface area contributed by atoms with Gasteiger partial charge in [0.15, 0.2) is 0 Å². The Hall–Kier alpha value is -3.71. The number of hydrogen-bond donors (Lipinski definition) is 0. The van der Waals surface area contributed by atoms with E-state index >= 15 is 0 Å². The van der Waals surface area contributed by atoms with Crippen LogP contribution in [-0.4, -0.2) is 51.6 Å². The molecule has 5 rings (SSSR count). The van der Waals surface area contributed by atoms with Crippen LogP contribution in [0.5, 0.6) is 5.75 Å². The normalized spacial score (nSPS) is 13.9. The molecule has 3 aromatic heterocycles. The van der Waals surface area contributed by atoms with Gasteiger partial charge in [0.05, 0.1) is 19.6 Å². The molecule has 1 saturated heterocycles. The van der Waals surface area contributed by atoms with Gasteiger partial charge in [0.2, 0.25) is 5.91 Å². The van der Waals surface area contributed by atoms with E-state index in [1.165, 1.54) is 0 Å². The second kappa shape index (κ2) is 9.83. The summed E-state index contributed by atoms with van der Waals surface area (Å²) in [6.45, 7) is 3.67. The Morgan fingerprint density at radius 3 is 2.36 bits per heavy atom. The summed E-state index contributed by atoms with van der Waals surface area (Å²) in [5.74, 6) is 0.908.